The van der Waals surface area contributed by atoms with Gasteiger partial charge in [-0.3, -0.25) is 15.1 Å². The van der Waals surface area contributed by atoms with Crippen LogP contribution in [0.3, 0.4) is 0 Å². The second-order valence-electron chi connectivity index (χ2n) is 7.56. The number of ether oxygens (including phenoxy) is 1. The molecular weight excluding hydrogens is 444 g/mol. The van der Waals surface area contributed by atoms with Crippen LogP contribution in [0.2, 0.25) is 0 Å². The van der Waals surface area contributed by atoms with Crippen LogP contribution in [0.25, 0.3) is 21.5 Å². The summed E-state index contributed by atoms with van der Waals surface area (Å²) < 4.78 is 5.43. The van der Waals surface area contributed by atoms with Crippen LogP contribution in [0.5, 0.6) is 0 Å². The molecule has 0 saturated heterocycles. The van der Waals surface area contributed by atoms with Crippen LogP contribution in [0.4, 0.5) is 5.13 Å². The van der Waals surface area contributed by atoms with Crippen molar-refractivity contribution in [3.63, 3.8) is 0 Å². The van der Waals surface area contributed by atoms with Crippen molar-refractivity contribution in [1.29, 1.82) is 0 Å². The summed E-state index contributed by atoms with van der Waals surface area (Å²) in [5.41, 5.74) is 3.87. The summed E-state index contributed by atoms with van der Waals surface area (Å²) in [6.07, 6.45) is 0.772. The van der Waals surface area contributed by atoms with Crippen LogP contribution < -0.4 is 5.32 Å². The molecule has 9 heteroatoms. The van der Waals surface area contributed by atoms with Gasteiger partial charge in [0, 0.05) is 41.5 Å². The van der Waals surface area contributed by atoms with E-state index in [4.69, 9.17) is 9.72 Å². The van der Waals surface area contributed by atoms with Gasteiger partial charge in [0.2, 0.25) is 0 Å². The van der Waals surface area contributed by atoms with Gasteiger partial charge in [-0.1, -0.05) is 24.3 Å². The average Bonchev–Trinajstić information content (AvgIpc) is 3.48. The Morgan fingerprint density at radius 1 is 1.16 bits per heavy atom. The van der Waals surface area contributed by atoms with Crippen LogP contribution in [-0.2, 0) is 22.5 Å². The van der Waals surface area contributed by atoms with Gasteiger partial charge in [0.25, 0.3) is 5.91 Å². The molecule has 3 aromatic heterocycles. The summed E-state index contributed by atoms with van der Waals surface area (Å²) in [5, 5.41) is 7.80. The molecular formula is C23H20N4O3S2. The Balaban J connectivity index is 1.32. The fraction of sp³-hybridized carbons (Fsp3) is 0.217. The standard InChI is InChI=1S/C23H20N4O3S2/c1-27-9-8-17-15(11-27)21(14-5-2-3-6-16(14)24-17)22(29)30-12-20(28)26-23-25-18(13-32-23)19-7-4-10-31-19/h2-7,10,13H,8-9,11-12H2,1H3,(H,25,26,28). The molecule has 0 radical (unpaired) electrons. The van der Waals surface area contributed by atoms with Gasteiger partial charge in [-0.05, 0) is 24.6 Å². The van der Waals surface area contributed by atoms with E-state index in [0.29, 0.717) is 17.2 Å². The van der Waals surface area contributed by atoms with Gasteiger partial charge in [0.1, 0.15) is 0 Å². The highest BCUT2D eigenvalue weighted by Gasteiger charge is 2.25. The SMILES string of the molecule is CN1CCc2nc3ccccc3c(C(=O)OCC(=O)Nc3nc(-c4cccs4)cs3)c2C1. The molecule has 4 heterocycles. The van der Waals surface area contributed by atoms with Gasteiger partial charge in [-0.25, -0.2) is 9.78 Å². The van der Waals surface area contributed by atoms with Crippen LogP contribution in [0, 0.1) is 0 Å². The number of hydrogen-bond acceptors (Lipinski definition) is 8. The second-order valence-corrected chi connectivity index (χ2v) is 9.36. The summed E-state index contributed by atoms with van der Waals surface area (Å²) in [7, 11) is 2.01. The van der Waals surface area contributed by atoms with Crippen molar-refractivity contribution < 1.29 is 14.3 Å². The number of fused-ring (bicyclic) bond motifs is 2. The third-order valence-electron chi connectivity index (χ3n) is 5.30. The number of thiazole rings is 1. The molecule has 0 atom stereocenters. The van der Waals surface area contributed by atoms with Crippen molar-refractivity contribution in [3.8, 4) is 10.6 Å². The maximum atomic E-state index is 13.1. The van der Waals surface area contributed by atoms with E-state index in [1.54, 1.807) is 11.3 Å². The van der Waals surface area contributed by atoms with Crippen molar-refractivity contribution in [2.75, 3.05) is 25.5 Å². The molecule has 0 spiro atoms. The summed E-state index contributed by atoms with van der Waals surface area (Å²) >= 11 is 2.92. The van der Waals surface area contributed by atoms with Crippen LogP contribution in [0.1, 0.15) is 21.6 Å². The zero-order valence-corrected chi connectivity index (χ0v) is 19.0. The van der Waals surface area contributed by atoms with Crippen LogP contribution in [0.15, 0.2) is 47.2 Å². The molecule has 1 aliphatic heterocycles. The zero-order valence-electron chi connectivity index (χ0n) is 17.3. The number of rotatable bonds is 5. The Bertz CT molecular complexity index is 1300. The Morgan fingerprint density at radius 3 is 2.88 bits per heavy atom. The van der Waals surface area contributed by atoms with Gasteiger partial charge in [-0.2, -0.15) is 0 Å². The number of nitrogens with one attached hydrogen (secondary N) is 1. The second kappa shape index (κ2) is 8.78. The summed E-state index contributed by atoms with van der Waals surface area (Å²) in [4.78, 5) is 37.9. The third kappa shape index (κ3) is 4.14. The number of pyridine rings is 1. The van der Waals surface area contributed by atoms with E-state index < -0.39 is 11.9 Å². The lowest BCUT2D eigenvalue weighted by molar-refractivity contribution is -0.119. The molecule has 1 N–H and O–H groups in total. The number of carbonyl (C=O) groups excluding carboxylic acids is 2. The van der Waals surface area contributed by atoms with Gasteiger partial charge in [0.05, 0.1) is 21.7 Å². The molecule has 0 aliphatic carbocycles. The topological polar surface area (TPSA) is 84.4 Å². The molecule has 1 aliphatic rings. The number of aromatic nitrogens is 2. The molecule has 7 nitrogen and oxygen atoms in total. The first kappa shape index (κ1) is 20.7. The number of likely N-dealkylation sites (N-methyl/N-ethyl adjacent to an activating group) is 1. The van der Waals surface area contributed by atoms with Crippen molar-refractivity contribution in [3.05, 3.63) is 64.0 Å². The Morgan fingerprint density at radius 2 is 2.03 bits per heavy atom. The number of esters is 1. The Labute approximate surface area is 192 Å². The molecule has 4 aromatic rings. The maximum Gasteiger partial charge on any atom is 0.339 e. The number of nitrogens with zero attached hydrogens (tertiary/aromatic N) is 3. The van der Waals surface area contributed by atoms with Gasteiger partial charge in [0.15, 0.2) is 11.7 Å². The number of thiophene rings is 1. The van der Waals surface area contributed by atoms with Gasteiger partial charge < -0.3 is 9.64 Å². The summed E-state index contributed by atoms with van der Waals surface area (Å²) in [6, 6.07) is 11.5. The van der Waals surface area contributed by atoms with Crippen molar-refractivity contribution in [2.45, 2.75) is 13.0 Å². The smallest absolute Gasteiger partial charge is 0.339 e. The lowest BCUT2D eigenvalue weighted by atomic mass is 9.96. The van der Waals surface area contributed by atoms with Gasteiger partial charge >= 0.3 is 5.97 Å². The number of anilines is 1. The molecule has 32 heavy (non-hydrogen) atoms. The van der Waals surface area contributed by atoms with Gasteiger partial charge in [-0.15, -0.1) is 22.7 Å². The quantitative estimate of drug-likeness (QED) is 0.446. The maximum absolute atomic E-state index is 13.1. The Kier molecular flexibility index (Phi) is 5.69. The lowest BCUT2D eigenvalue weighted by Gasteiger charge is -2.26. The first-order chi connectivity index (χ1) is 15.6. The van der Waals surface area contributed by atoms with E-state index in [2.05, 4.69) is 15.2 Å². The first-order valence-electron chi connectivity index (χ1n) is 10.1. The normalized spacial score (nSPS) is 13.7. The lowest BCUT2D eigenvalue weighted by Crippen LogP contribution is -2.30. The molecule has 1 amide bonds. The van der Waals surface area contributed by atoms with E-state index in [0.717, 1.165) is 45.7 Å². The minimum atomic E-state index is -0.510. The van der Waals surface area contributed by atoms with E-state index in [-0.39, 0.29) is 6.61 Å². The van der Waals surface area contributed by atoms with E-state index in [9.17, 15) is 9.59 Å². The molecule has 1 aromatic carbocycles. The predicted octanol–water partition coefficient (Wildman–Crippen LogP) is 4.20. The molecule has 162 valence electrons. The van der Waals surface area contributed by atoms with Crippen LogP contribution >= 0.6 is 22.7 Å². The van der Waals surface area contributed by atoms with Crippen LogP contribution in [-0.4, -0.2) is 46.9 Å². The molecule has 0 fully saturated rings. The van der Waals surface area contributed by atoms with E-state index in [1.165, 1.54) is 11.3 Å². The third-order valence-corrected chi connectivity index (χ3v) is 6.95. The minimum absolute atomic E-state index is 0.381. The summed E-state index contributed by atoms with van der Waals surface area (Å²) in [6.45, 7) is 1.12. The highest BCUT2D eigenvalue weighted by atomic mass is 32.1. The largest absolute Gasteiger partial charge is 0.452 e. The number of carbonyl (C=O) groups is 2. The van der Waals surface area contributed by atoms with Crippen molar-refractivity contribution in [2.24, 2.45) is 0 Å². The Hall–Kier alpha value is -3.14. The van der Waals surface area contributed by atoms with E-state index >= 15 is 0 Å². The fourth-order valence-electron chi connectivity index (χ4n) is 3.79. The highest BCUT2D eigenvalue weighted by Crippen LogP contribution is 2.29. The average molecular weight is 465 g/mol. The zero-order chi connectivity index (χ0) is 22.1. The predicted molar refractivity (Wildman–Crippen MR) is 126 cm³/mol. The molecule has 0 bridgehead atoms. The number of hydrogen-bond donors (Lipinski definition) is 1. The number of benzene rings is 1. The number of amides is 1. The van der Waals surface area contributed by atoms with E-state index in [1.807, 2.05) is 54.2 Å². The molecule has 0 unspecified atom stereocenters. The fourth-order valence-corrected chi connectivity index (χ4v) is 5.27. The first-order valence-corrected chi connectivity index (χ1v) is 11.9. The molecule has 0 saturated carbocycles. The van der Waals surface area contributed by atoms with Crippen molar-refractivity contribution in [1.82, 2.24) is 14.9 Å². The molecule has 5 rings (SSSR count). The monoisotopic (exact) mass is 464 g/mol. The minimum Gasteiger partial charge on any atom is -0.452 e. The summed E-state index contributed by atoms with van der Waals surface area (Å²) in [5.74, 6) is -0.932. The number of para-hydroxylation sites is 1. The highest BCUT2D eigenvalue weighted by molar-refractivity contribution is 7.16. The van der Waals surface area contributed by atoms with Crippen molar-refractivity contribution >= 4 is 50.6 Å².